The van der Waals surface area contributed by atoms with Gasteiger partial charge < -0.3 is 14.8 Å². The van der Waals surface area contributed by atoms with E-state index in [0.717, 1.165) is 17.0 Å². The standard InChI is InChI=1S/C25H26N2O5S/c1-3-31-21-10-8-20(9-11-21)26-25(28)17-32-24-13-12-22(16-18(24)2)33(29,30)27-15-14-19-6-4-5-7-23(19)27/h4-13,16H,3,14-15,17H2,1-2H3,(H,26,28). The van der Waals surface area contributed by atoms with Gasteiger partial charge in [0.15, 0.2) is 6.61 Å². The number of benzene rings is 3. The molecular weight excluding hydrogens is 440 g/mol. The predicted molar refractivity (Wildman–Crippen MR) is 128 cm³/mol. The first-order valence-electron chi connectivity index (χ1n) is 10.8. The Morgan fingerprint density at radius 3 is 2.52 bits per heavy atom. The molecule has 8 heteroatoms. The molecule has 3 aromatic rings. The lowest BCUT2D eigenvalue weighted by atomic mass is 10.2. The van der Waals surface area contributed by atoms with Crippen molar-refractivity contribution in [3.63, 3.8) is 0 Å². The third-order valence-electron chi connectivity index (χ3n) is 5.39. The fourth-order valence-corrected chi connectivity index (χ4v) is 5.36. The summed E-state index contributed by atoms with van der Waals surface area (Å²) in [6, 6.07) is 19.3. The van der Waals surface area contributed by atoms with E-state index in [9.17, 15) is 13.2 Å². The molecule has 0 aliphatic carbocycles. The molecule has 0 spiro atoms. The quantitative estimate of drug-likeness (QED) is 0.539. The first-order valence-corrected chi connectivity index (χ1v) is 12.2. The van der Waals surface area contributed by atoms with E-state index in [0.29, 0.717) is 36.6 Å². The summed E-state index contributed by atoms with van der Waals surface area (Å²) in [7, 11) is -3.68. The molecule has 0 saturated carbocycles. The number of anilines is 2. The Hall–Kier alpha value is -3.52. The van der Waals surface area contributed by atoms with Crippen LogP contribution in [0.5, 0.6) is 11.5 Å². The number of hydrogen-bond acceptors (Lipinski definition) is 5. The van der Waals surface area contributed by atoms with Gasteiger partial charge in [-0.05, 0) is 79.9 Å². The van der Waals surface area contributed by atoms with Crippen molar-refractivity contribution in [3.05, 3.63) is 77.9 Å². The number of rotatable bonds is 8. The van der Waals surface area contributed by atoms with Crippen molar-refractivity contribution in [1.82, 2.24) is 0 Å². The predicted octanol–water partition coefficient (Wildman–Crippen LogP) is 4.16. The van der Waals surface area contributed by atoms with Gasteiger partial charge in [-0.25, -0.2) is 8.42 Å². The minimum atomic E-state index is -3.68. The molecule has 0 bridgehead atoms. The third kappa shape index (κ3) is 4.96. The number of sulfonamides is 1. The maximum atomic E-state index is 13.2. The van der Waals surface area contributed by atoms with Crippen LogP contribution in [0.15, 0.2) is 71.6 Å². The van der Waals surface area contributed by atoms with Crippen LogP contribution in [0, 0.1) is 6.92 Å². The number of carbonyl (C=O) groups excluding carboxylic acids is 1. The van der Waals surface area contributed by atoms with E-state index >= 15 is 0 Å². The van der Waals surface area contributed by atoms with Gasteiger partial charge in [-0.2, -0.15) is 0 Å². The van der Waals surface area contributed by atoms with E-state index in [1.54, 1.807) is 43.3 Å². The first kappa shape index (κ1) is 22.7. The van der Waals surface area contributed by atoms with Crippen LogP contribution < -0.4 is 19.1 Å². The summed E-state index contributed by atoms with van der Waals surface area (Å²) < 4.78 is 38.9. The molecule has 7 nitrogen and oxygen atoms in total. The van der Waals surface area contributed by atoms with E-state index in [2.05, 4.69) is 5.32 Å². The number of aryl methyl sites for hydroxylation is 1. The maximum absolute atomic E-state index is 13.2. The molecular formula is C25H26N2O5S. The van der Waals surface area contributed by atoms with E-state index in [1.807, 2.05) is 31.2 Å². The number of para-hydroxylation sites is 1. The molecule has 3 aromatic carbocycles. The number of amides is 1. The van der Waals surface area contributed by atoms with Crippen molar-refractivity contribution in [2.45, 2.75) is 25.2 Å². The highest BCUT2D eigenvalue weighted by Crippen LogP contribution is 2.33. The van der Waals surface area contributed by atoms with E-state index < -0.39 is 10.0 Å². The highest BCUT2D eigenvalue weighted by molar-refractivity contribution is 7.92. The second-order valence-corrected chi connectivity index (χ2v) is 9.54. The van der Waals surface area contributed by atoms with Gasteiger partial charge in [0.1, 0.15) is 11.5 Å². The average Bonchev–Trinajstić information content (AvgIpc) is 3.25. The largest absolute Gasteiger partial charge is 0.494 e. The minimum Gasteiger partial charge on any atom is -0.494 e. The lowest BCUT2D eigenvalue weighted by Crippen LogP contribution is -2.29. The van der Waals surface area contributed by atoms with Crippen molar-refractivity contribution in [2.75, 3.05) is 29.4 Å². The maximum Gasteiger partial charge on any atom is 0.264 e. The number of hydrogen-bond donors (Lipinski definition) is 1. The number of nitrogens with one attached hydrogen (secondary N) is 1. The summed E-state index contributed by atoms with van der Waals surface area (Å²) in [6.07, 6.45) is 0.693. The topological polar surface area (TPSA) is 84.9 Å². The van der Waals surface area contributed by atoms with Crippen LogP contribution in [-0.2, 0) is 21.2 Å². The second-order valence-electron chi connectivity index (χ2n) is 7.68. The lowest BCUT2D eigenvalue weighted by Gasteiger charge is -2.20. The van der Waals surface area contributed by atoms with Gasteiger partial charge in [-0.15, -0.1) is 0 Å². The number of fused-ring (bicyclic) bond motifs is 1. The molecule has 0 aromatic heterocycles. The van der Waals surface area contributed by atoms with Gasteiger partial charge >= 0.3 is 0 Å². The highest BCUT2D eigenvalue weighted by Gasteiger charge is 2.30. The van der Waals surface area contributed by atoms with Gasteiger partial charge in [0.05, 0.1) is 17.2 Å². The molecule has 172 valence electrons. The van der Waals surface area contributed by atoms with Crippen LogP contribution in [0.3, 0.4) is 0 Å². The normalized spacial score (nSPS) is 12.8. The van der Waals surface area contributed by atoms with E-state index in [4.69, 9.17) is 9.47 Å². The minimum absolute atomic E-state index is 0.195. The monoisotopic (exact) mass is 466 g/mol. The third-order valence-corrected chi connectivity index (χ3v) is 7.20. The number of nitrogens with zero attached hydrogens (tertiary/aromatic N) is 1. The SMILES string of the molecule is CCOc1ccc(NC(=O)COc2ccc(S(=O)(=O)N3CCc4ccccc43)cc2C)cc1. The van der Waals surface area contributed by atoms with E-state index in [1.165, 1.54) is 10.4 Å². The average molecular weight is 467 g/mol. The Morgan fingerprint density at radius 1 is 1.03 bits per heavy atom. The van der Waals surface area contributed by atoms with Crippen LogP contribution in [0.2, 0.25) is 0 Å². The summed E-state index contributed by atoms with van der Waals surface area (Å²) >= 11 is 0. The Bertz CT molecular complexity index is 1260. The fourth-order valence-electron chi connectivity index (χ4n) is 3.77. The Labute approximate surface area is 194 Å². The number of ether oxygens (including phenoxy) is 2. The summed E-state index contributed by atoms with van der Waals surface area (Å²) in [5.41, 5.74) is 3.02. The summed E-state index contributed by atoms with van der Waals surface area (Å²) in [5, 5.41) is 2.76. The molecule has 1 aliphatic rings. The number of carbonyl (C=O) groups is 1. The zero-order valence-electron chi connectivity index (χ0n) is 18.6. The van der Waals surface area contributed by atoms with Crippen LogP contribution in [0.25, 0.3) is 0 Å². The lowest BCUT2D eigenvalue weighted by molar-refractivity contribution is -0.118. The highest BCUT2D eigenvalue weighted by atomic mass is 32.2. The van der Waals surface area contributed by atoms with Gasteiger partial charge in [0.25, 0.3) is 15.9 Å². The molecule has 1 heterocycles. The summed E-state index contributed by atoms with van der Waals surface area (Å²) in [4.78, 5) is 12.5. The molecule has 0 fully saturated rings. The molecule has 0 saturated heterocycles. The second kappa shape index (κ2) is 9.54. The van der Waals surface area contributed by atoms with Crippen molar-refractivity contribution >= 4 is 27.3 Å². The zero-order chi connectivity index (χ0) is 23.4. The Morgan fingerprint density at radius 2 is 1.79 bits per heavy atom. The molecule has 0 unspecified atom stereocenters. The smallest absolute Gasteiger partial charge is 0.264 e. The molecule has 1 aliphatic heterocycles. The molecule has 4 rings (SSSR count). The Kier molecular flexibility index (Phi) is 6.55. The van der Waals surface area contributed by atoms with Gasteiger partial charge in [-0.1, -0.05) is 18.2 Å². The molecule has 0 atom stereocenters. The van der Waals surface area contributed by atoms with Crippen LogP contribution in [0.1, 0.15) is 18.1 Å². The fraction of sp³-hybridized carbons (Fsp3) is 0.240. The van der Waals surface area contributed by atoms with Crippen LogP contribution in [0.4, 0.5) is 11.4 Å². The molecule has 33 heavy (non-hydrogen) atoms. The van der Waals surface area contributed by atoms with Crippen molar-refractivity contribution in [2.24, 2.45) is 0 Å². The van der Waals surface area contributed by atoms with Crippen molar-refractivity contribution < 1.29 is 22.7 Å². The molecule has 1 amide bonds. The van der Waals surface area contributed by atoms with Crippen LogP contribution in [-0.4, -0.2) is 34.1 Å². The van der Waals surface area contributed by atoms with Crippen molar-refractivity contribution in [3.8, 4) is 11.5 Å². The summed E-state index contributed by atoms with van der Waals surface area (Å²) in [5.74, 6) is 0.872. The first-order chi connectivity index (χ1) is 15.9. The molecule has 1 N–H and O–H groups in total. The zero-order valence-corrected chi connectivity index (χ0v) is 19.4. The van der Waals surface area contributed by atoms with E-state index in [-0.39, 0.29) is 17.4 Å². The van der Waals surface area contributed by atoms with Crippen LogP contribution >= 0.6 is 0 Å². The van der Waals surface area contributed by atoms with Crippen molar-refractivity contribution in [1.29, 1.82) is 0 Å². The van der Waals surface area contributed by atoms with Gasteiger partial charge in [0.2, 0.25) is 0 Å². The van der Waals surface area contributed by atoms with Gasteiger partial charge in [0, 0.05) is 12.2 Å². The Balaban J connectivity index is 1.40. The summed E-state index contributed by atoms with van der Waals surface area (Å²) in [6.45, 7) is 4.47. The molecule has 0 radical (unpaired) electrons. The van der Waals surface area contributed by atoms with Gasteiger partial charge in [-0.3, -0.25) is 9.10 Å².